The Bertz CT molecular complexity index is 479. The molecule has 4 nitrogen and oxygen atoms in total. The van der Waals surface area contributed by atoms with E-state index in [-0.39, 0.29) is 11.3 Å². The lowest BCUT2D eigenvalue weighted by Crippen LogP contribution is -2.45. The summed E-state index contributed by atoms with van der Waals surface area (Å²) < 4.78 is 27.8. The molecule has 0 unspecified atom stereocenters. The predicted octanol–water partition coefficient (Wildman–Crippen LogP) is 2.92. The Morgan fingerprint density at radius 3 is 2.38 bits per heavy atom. The van der Waals surface area contributed by atoms with Crippen LogP contribution in [0, 0.1) is 11.6 Å². The average Bonchev–Trinajstić information content (AvgIpc) is 2.47. The van der Waals surface area contributed by atoms with Gasteiger partial charge in [-0.25, -0.2) is 13.8 Å². The van der Waals surface area contributed by atoms with Gasteiger partial charge in [0.2, 0.25) is 0 Å². The van der Waals surface area contributed by atoms with Crippen molar-refractivity contribution in [3.8, 4) is 0 Å². The van der Waals surface area contributed by atoms with E-state index in [1.807, 2.05) is 6.92 Å². The molecule has 0 saturated carbocycles. The van der Waals surface area contributed by atoms with Crippen LogP contribution in [0.3, 0.4) is 0 Å². The fraction of sp³-hybridized carbons (Fsp3) is 0.533. The van der Waals surface area contributed by atoms with Crippen LogP contribution in [-0.4, -0.2) is 30.6 Å². The van der Waals surface area contributed by atoms with Crippen LogP contribution >= 0.6 is 0 Å². The molecule has 0 atom stereocenters. The molecular formula is C15H21F2N3O. The third-order valence-electron chi connectivity index (χ3n) is 3.47. The molecule has 21 heavy (non-hydrogen) atoms. The molecule has 116 valence electrons. The Balaban J connectivity index is 2.07. The normalized spacial score (nSPS) is 15.8. The molecule has 1 aliphatic heterocycles. The molecule has 2 N–H and O–H groups in total. The van der Waals surface area contributed by atoms with Crippen molar-refractivity contribution in [2.24, 2.45) is 0 Å². The number of hydrogen-bond donors (Lipinski definition) is 2. The van der Waals surface area contributed by atoms with Gasteiger partial charge in [-0.1, -0.05) is 13.3 Å². The minimum absolute atomic E-state index is 0.00220. The van der Waals surface area contributed by atoms with E-state index in [2.05, 4.69) is 10.7 Å². The molecule has 1 aromatic carbocycles. The number of rotatable bonds is 5. The molecular weight excluding hydrogens is 276 g/mol. The lowest BCUT2D eigenvalue weighted by molar-refractivity contribution is 0.0749. The highest BCUT2D eigenvalue weighted by Crippen LogP contribution is 2.21. The number of piperidine rings is 1. The van der Waals surface area contributed by atoms with Gasteiger partial charge in [-0.2, -0.15) is 0 Å². The lowest BCUT2D eigenvalue weighted by Gasteiger charge is -2.26. The summed E-state index contributed by atoms with van der Waals surface area (Å²) in [4.78, 5) is 12.0. The predicted molar refractivity (Wildman–Crippen MR) is 78.0 cm³/mol. The standard InChI is InChI=1S/C15H21F2N3O/c1-2-6-18-14-12(16)9-11(10-13(14)17)15(21)19-20-7-4-3-5-8-20/h9-10,18H,2-8H2,1H3,(H,19,21). The van der Waals surface area contributed by atoms with Crippen molar-refractivity contribution in [3.05, 3.63) is 29.3 Å². The molecule has 0 bridgehead atoms. The fourth-order valence-corrected chi connectivity index (χ4v) is 2.34. The molecule has 1 fully saturated rings. The monoisotopic (exact) mass is 297 g/mol. The zero-order valence-corrected chi connectivity index (χ0v) is 12.2. The van der Waals surface area contributed by atoms with Crippen LogP contribution in [0.25, 0.3) is 0 Å². The van der Waals surface area contributed by atoms with Crippen LogP contribution in [0.4, 0.5) is 14.5 Å². The topological polar surface area (TPSA) is 44.4 Å². The van der Waals surface area contributed by atoms with E-state index in [9.17, 15) is 13.6 Å². The maximum atomic E-state index is 13.9. The van der Waals surface area contributed by atoms with Crippen molar-refractivity contribution < 1.29 is 13.6 Å². The molecule has 0 radical (unpaired) electrons. The summed E-state index contributed by atoms with van der Waals surface area (Å²) >= 11 is 0. The van der Waals surface area contributed by atoms with Crippen molar-refractivity contribution in [3.63, 3.8) is 0 Å². The number of carbonyl (C=O) groups is 1. The van der Waals surface area contributed by atoms with E-state index in [1.54, 1.807) is 5.01 Å². The number of hydrazine groups is 1. The smallest absolute Gasteiger partial charge is 0.265 e. The average molecular weight is 297 g/mol. The quantitative estimate of drug-likeness (QED) is 0.878. The van der Waals surface area contributed by atoms with Gasteiger partial charge < -0.3 is 5.32 Å². The minimum atomic E-state index is -0.743. The number of amides is 1. The van der Waals surface area contributed by atoms with E-state index >= 15 is 0 Å². The largest absolute Gasteiger partial charge is 0.380 e. The summed E-state index contributed by atoms with van der Waals surface area (Å²) in [6, 6.07) is 2.14. The van der Waals surface area contributed by atoms with E-state index < -0.39 is 17.5 Å². The van der Waals surface area contributed by atoms with Gasteiger partial charge in [-0.05, 0) is 31.4 Å². The molecule has 1 aliphatic rings. The van der Waals surface area contributed by atoms with Crippen LogP contribution in [-0.2, 0) is 0 Å². The highest BCUT2D eigenvalue weighted by molar-refractivity contribution is 5.94. The lowest BCUT2D eigenvalue weighted by atomic mass is 10.1. The highest BCUT2D eigenvalue weighted by Gasteiger charge is 2.18. The maximum absolute atomic E-state index is 13.9. The van der Waals surface area contributed by atoms with Crippen molar-refractivity contribution >= 4 is 11.6 Å². The third kappa shape index (κ3) is 4.14. The van der Waals surface area contributed by atoms with Crippen molar-refractivity contribution in [1.29, 1.82) is 0 Å². The Morgan fingerprint density at radius 1 is 1.19 bits per heavy atom. The SMILES string of the molecule is CCCNc1c(F)cc(C(=O)NN2CCCCC2)cc1F. The maximum Gasteiger partial charge on any atom is 0.265 e. The van der Waals surface area contributed by atoms with Crippen LogP contribution in [0.2, 0.25) is 0 Å². The summed E-state index contributed by atoms with van der Waals surface area (Å²) in [7, 11) is 0. The molecule has 2 rings (SSSR count). The van der Waals surface area contributed by atoms with Crippen LogP contribution in [0.5, 0.6) is 0 Å². The van der Waals surface area contributed by atoms with Gasteiger partial charge in [0, 0.05) is 25.2 Å². The number of hydrogen-bond acceptors (Lipinski definition) is 3. The number of benzene rings is 1. The van der Waals surface area contributed by atoms with Crippen LogP contribution < -0.4 is 10.7 Å². The summed E-state index contributed by atoms with van der Waals surface area (Å²) in [6.07, 6.45) is 3.94. The number of carbonyl (C=O) groups excluding carboxylic acids is 1. The van der Waals surface area contributed by atoms with Gasteiger partial charge in [0.1, 0.15) is 17.3 Å². The highest BCUT2D eigenvalue weighted by atomic mass is 19.1. The van der Waals surface area contributed by atoms with Gasteiger partial charge in [0.15, 0.2) is 0 Å². The van der Waals surface area contributed by atoms with Crippen molar-refractivity contribution in [1.82, 2.24) is 10.4 Å². The van der Waals surface area contributed by atoms with E-state index in [4.69, 9.17) is 0 Å². The first kappa shape index (κ1) is 15.7. The molecule has 1 saturated heterocycles. The van der Waals surface area contributed by atoms with Gasteiger partial charge in [0.05, 0.1) is 0 Å². The molecule has 1 aromatic rings. The molecule has 1 heterocycles. The zero-order chi connectivity index (χ0) is 15.2. The number of halogens is 2. The van der Waals surface area contributed by atoms with Gasteiger partial charge in [-0.3, -0.25) is 10.2 Å². The second-order valence-corrected chi connectivity index (χ2v) is 5.23. The summed E-state index contributed by atoms with van der Waals surface area (Å²) in [5.41, 5.74) is 2.52. The molecule has 0 aliphatic carbocycles. The molecule has 1 amide bonds. The zero-order valence-electron chi connectivity index (χ0n) is 12.2. The van der Waals surface area contributed by atoms with Crippen molar-refractivity contribution in [2.45, 2.75) is 32.6 Å². The number of nitrogens with one attached hydrogen (secondary N) is 2. The first-order valence-electron chi connectivity index (χ1n) is 7.40. The summed E-state index contributed by atoms with van der Waals surface area (Å²) in [5.74, 6) is -1.96. The van der Waals surface area contributed by atoms with Gasteiger partial charge in [0.25, 0.3) is 5.91 Å². The van der Waals surface area contributed by atoms with E-state index in [1.165, 1.54) is 0 Å². The first-order chi connectivity index (χ1) is 10.1. The van der Waals surface area contributed by atoms with Gasteiger partial charge in [-0.15, -0.1) is 0 Å². The number of nitrogens with zero attached hydrogens (tertiary/aromatic N) is 1. The third-order valence-corrected chi connectivity index (χ3v) is 3.47. The van der Waals surface area contributed by atoms with Crippen molar-refractivity contribution in [2.75, 3.05) is 25.0 Å². The van der Waals surface area contributed by atoms with E-state index in [0.29, 0.717) is 6.54 Å². The van der Waals surface area contributed by atoms with Gasteiger partial charge >= 0.3 is 0 Å². The second kappa shape index (κ2) is 7.36. The number of anilines is 1. The second-order valence-electron chi connectivity index (χ2n) is 5.23. The van der Waals surface area contributed by atoms with E-state index in [0.717, 1.165) is 50.9 Å². The minimum Gasteiger partial charge on any atom is -0.380 e. The Hall–Kier alpha value is -1.69. The molecule has 6 heteroatoms. The Labute approximate surface area is 123 Å². The molecule has 0 spiro atoms. The summed E-state index contributed by atoms with van der Waals surface area (Å²) in [6.45, 7) is 3.93. The Morgan fingerprint density at radius 2 is 1.81 bits per heavy atom. The molecule has 0 aromatic heterocycles. The van der Waals surface area contributed by atoms with Crippen LogP contribution in [0.1, 0.15) is 43.0 Å². The first-order valence-corrected chi connectivity index (χ1v) is 7.40. The Kier molecular flexibility index (Phi) is 5.50. The van der Waals surface area contributed by atoms with Crippen LogP contribution in [0.15, 0.2) is 12.1 Å². The fourth-order valence-electron chi connectivity index (χ4n) is 2.34. The summed E-state index contributed by atoms with van der Waals surface area (Å²) in [5, 5.41) is 4.48.